The van der Waals surface area contributed by atoms with Crippen molar-refractivity contribution in [2.75, 3.05) is 0 Å². The van der Waals surface area contributed by atoms with E-state index in [0.29, 0.717) is 0 Å². The SMILES string of the molecule is Brc1ccc(CSc2ccccc2)c(Br)c1Br. The van der Waals surface area contributed by atoms with E-state index >= 15 is 0 Å². The molecule has 0 heterocycles. The van der Waals surface area contributed by atoms with E-state index in [0.717, 1.165) is 19.2 Å². The molecule has 0 atom stereocenters. The van der Waals surface area contributed by atoms with Crippen molar-refractivity contribution in [2.24, 2.45) is 0 Å². The van der Waals surface area contributed by atoms with Gasteiger partial charge in [0.1, 0.15) is 0 Å². The van der Waals surface area contributed by atoms with E-state index in [9.17, 15) is 0 Å². The van der Waals surface area contributed by atoms with Crippen LogP contribution in [0.15, 0.2) is 60.8 Å². The minimum absolute atomic E-state index is 0.955. The molecule has 0 fully saturated rings. The summed E-state index contributed by atoms with van der Waals surface area (Å²) in [6, 6.07) is 14.6. The quantitative estimate of drug-likeness (QED) is 0.404. The lowest BCUT2D eigenvalue weighted by molar-refractivity contribution is 1.33. The summed E-state index contributed by atoms with van der Waals surface area (Å²) in [6.07, 6.45) is 0. The molecule has 0 spiro atoms. The lowest BCUT2D eigenvalue weighted by atomic mass is 10.2. The summed E-state index contributed by atoms with van der Waals surface area (Å²) in [5.41, 5.74) is 1.29. The van der Waals surface area contributed by atoms with Crippen LogP contribution in [0.2, 0.25) is 0 Å². The second-order valence-corrected chi connectivity index (χ2v) is 6.93. The number of rotatable bonds is 3. The van der Waals surface area contributed by atoms with Crippen molar-refractivity contribution in [3.63, 3.8) is 0 Å². The third kappa shape index (κ3) is 3.60. The van der Waals surface area contributed by atoms with Crippen LogP contribution in [-0.4, -0.2) is 0 Å². The second-order valence-electron chi connectivity index (χ2n) is 3.44. The van der Waals surface area contributed by atoms with Crippen molar-refractivity contribution >= 4 is 59.6 Å². The van der Waals surface area contributed by atoms with Gasteiger partial charge in [-0.3, -0.25) is 0 Å². The molecule has 0 N–H and O–H groups in total. The van der Waals surface area contributed by atoms with Crippen LogP contribution < -0.4 is 0 Å². The maximum atomic E-state index is 3.61. The van der Waals surface area contributed by atoms with Crippen LogP contribution in [0.4, 0.5) is 0 Å². The van der Waals surface area contributed by atoms with Crippen molar-refractivity contribution in [3.8, 4) is 0 Å². The molecule has 2 aromatic rings. The van der Waals surface area contributed by atoms with E-state index in [-0.39, 0.29) is 0 Å². The molecule has 0 aliphatic rings. The minimum Gasteiger partial charge on any atom is -0.121 e. The number of hydrogen-bond acceptors (Lipinski definition) is 1. The first-order valence-electron chi connectivity index (χ1n) is 4.98. The largest absolute Gasteiger partial charge is 0.121 e. The molecule has 0 saturated heterocycles. The van der Waals surface area contributed by atoms with E-state index < -0.39 is 0 Å². The van der Waals surface area contributed by atoms with Gasteiger partial charge in [-0.1, -0.05) is 24.3 Å². The lowest BCUT2D eigenvalue weighted by Crippen LogP contribution is -1.85. The summed E-state index contributed by atoms with van der Waals surface area (Å²) in [6.45, 7) is 0. The Labute approximate surface area is 131 Å². The highest BCUT2D eigenvalue weighted by Crippen LogP contribution is 2.36. The molecule has 88 valence electrons. The smallest absolute Gasteiger partial charge is 0.0462 e. The molecule has 0 saturated carbocycles. The van der Waals surface area contributed by atoms with Gasteiger partial charge >= 0.3 is 0 Å². The van der Waals surface area contributed by atoms with Gasteiger partial charge in [0.15, 0.2) is 0 Å². The molecule has 0 radical (unpaired) electrons. The van der Waals surface area contributed by atoms with Gasteiger partial charge in [0.25, 0.3) is 0 Å². The van der Waals surface area contributed by atoms with Gasteiger partial charge in [0.05, 0.1) is 0 Å². The second kappa shape index (κ2) is 6.41. The van der Waals surface area contributed by atoms with E-state index in [2.05, 4.69) is 84.2 Å². The fourth-order valence-corrected chi connectivity index (χ4v) is 3.92. The van der Waals surface area contributed by atoms with Crippen LogP contribution >= 0.6 is 59.6 Å². The number of halogens is 3. The topological polar surface area (TPSA) is 0 Å². The number of benzene rings is 2. The van der Waals surface area contributed by atoms with Crippen molar-refractivity contribution in [1.29, 1.82) is 0 Å². The zero-order valence-corrected chi connectivity index (χ0v) is 14.4. The summed E-state index contributed by atoms with van der Waals surface area (Å²) in [5.74, 6) is 0.955. The predicted molar refractivity (Wildman–Crippen MR) is 85.5 cm³/mol. The third-order valence-electron chi connectivity index (χ3n) is 2.25. The molecule has 0 nitrogen and oxygen atoms in total. The Kier molecular flexibility index (Phi) is 5.15. The molecule has 2 aromatic carbocycles. The summed E-state index contributed by atoms with van der Waals surface area (Å²) < 4.78 is 3.26. The van der Waals surface area contributed by atoms with Crippen LogP contribution in [0, 0.1) is 0 Å². The van der Waals surface area contributed by atoms with Crippen molar-refractivity contribution < 1.29 is 0 Å². The Balaban J connectivity index is 2.13. The van der Waals surface area contributed by atoms with E-state index in [4.69, 9.17) is 0 Å². The van der Waals surface area contributed by atoms with Crippen LogP contribution in [-0.2, 0) is 5.75 Å². The normalized spacial score (nSPS) is 10.5. The highest BCUT2D eigenvalue weighted by Gasteiger charge is 2.07. The van der Waals surface area contributed by atoms with Gasteiger partial charge in [-0.2, -0.15) is 0 Å². The fraction of sp³-hybridized carbons (Fsp3) is 0.0769. The highest BCUT2D eigenvalue weighted by molar-refractivity contribution is 9.14. The average Bonchev–Trinajstić information content (AvgIpc) is 2.36. The van der Waals surface area contributed by atoms with E-state index in [1.807, 2.05) is 17.8 Å². The first-order chi connectivity index (χ1) is 8.18. The van der Waals surface area contributed by atoms with Gasteiger partial charge < -0.3 is 0 Å². The first-order valence-corrected chi connectivity index (χ1v) is 8.35. The van der Waals surface area contributed by atoms with Gasteiger partial charge in [0.2, 0.25) is 0 Å². The van der Waals surface area contributed by atoms with Crippen LogP contribution in [0.5, 0.6) is 0 Å². The van der Waals surface area contributed by atoms with Gasteiger partial charge in [-0.05, 0) is 71.6 Å². The Hall–Kier alpha value is 0.230. The molecule has 2 rings (SSSR count). The maximum Gasteiger partial charge on any atom is 0.0462 e. The average molecular weight is 437 g/mol. The van der Waals surface area contributed by atoms with Crippen LogP contribution in [0.3, 0.4) is 0 Å². The minimum atomic E-state index is 0.955. The Morgan fingerprint density at radius 2 is 1.53 bits per heavy atom. The molecular formula is C13H9Br3S. The van der Waals surface area contributed by atoms with E-state index in [1.54, 1.807) is 0 Å². The molecular weight excluding hydrogens is 428 g/mol. The molecule has 0 bridgehead atoms. The zero-order valence-electron chi connectivity index (χ0n) is 8.79. The Bertz CT molecular complexity index is 512. The highest BCUT2D eigenvalue weighted by atomic mass is 79.9. The van der Waals surface area contributed by atoms with Gasteiger partial charge in [-0.15, -0.1) is 11.8 Å². The summed E-state index contributed by atoms with van der Waals surface area (Å²) in [7, 11) is 0. The fourth-order valence-electron chi connectivity index (χ4n) is 1.36. The number of thioether (sulfide) groups is 1. The Morgan fingerprint density at radius 3 is 2.24 bits per heavy atom. The molecule has 0 aromatic heterocycles. The molecule has 0 aliphatic heterocycles. The van der Waals surface area contributed by atoms with Crippen LogP contribution in [0.25, 0.3) is 0 Å². The molecule has 0 unspecified atom stereocenters. The Morgan fingerprint density at radius 1 is 0.824 bits per heavy atom. The van der Waals surface area contributed by atoms with Crippen molar-refractivity contribution in [2.45, 2.75) is 10.6 Å². The van der Waals surface area contributed by atoms with Crippen LogP contribution in [0.1, 0.15) is 5.56 Å². The third-order valence-corrected chi connectivity index (χ3v) is 6.77. The molecule has 4 heteroatoms. The monoisotopic (exact) mass is 434 g/mol. The molecule has 0 aliphatic carbocycles. The van der Waals surface area contributed by atoms with Crippen molar-refractivity contribution in [1.82, 2.24) is 0 Å². The van der Waals surface area contributed by atoms with E-state index in [1.165, 1.54) is 10.5 Å². The standard InChI is InChI=1S/C13H9Br3S/c14-11-7-6-9(12(15)13(11)16)8-17-10-4-2-1-3-5-10/h1-7H,8H2. The predicted octanol–water partition coefficient (Wildman–Crippen LogP) is 6.27. The van der Waals surface area contributed by atoms with Gasteiger partial charge in [0, 0.05) is 24.1 Å². The first kappa shape index (κ1) is 13.7. The molecule has 17 heavy (non-hydrogen) atoms. The summed E-state index contributed by atoms with van der Waals surface area (Å²) in [4.78, 5) is 1.29. The lowest BCUT2D eigenvalue weighted by Gasteiger charge is -2.07. The number of hydrogen-bond donors (Lipinski definition) is 0. The zero-order chi connectivity index (χ0) is 12.3. The summed E-state index contributed by atoms with van der Waals surface area (Å²) in [5, 5.41) is 0. The van der Waals surface area contributed by atoms with Gasteiger partial charge in [-0.25, -0.2) is 0 Å². The maximum absolute atomic E-state index is 3.61. The summed E-state index contributed by atoms with van der Waals surface area (Å²) >= 11 is 12.5. The van der Waals surface area contributed by atoms with Crippen molar-refractivity contribution in [3.05, 3.63) is 61.4 Å². The molecule has 0 amide bonds.